The van der Waals surface area contributed by atoms with Gasteiger partial charge in [0.2, 0.25) is 10.0 Å². The van der Waals surface area contributed by atoms with E-state index in [-0.39, 0.29) is 4.90 Å². The molecule has 2 N–H and O–H groups in total. The van der Waals surface area contributed by atoms with E-state index in [1.807, 2.05) is 0 Å². The van der Waals surface area contributed by atoms with Gasteiger partial charge in [-0.15, -0.1) is 0 Å². The third-order valence-corrected chi connectivity index (χ3v) is 5.00. The van der Waals surface area contributed by atoms with Gasteiger partial charge in [-0.3, -0.25) is 0 Å². The molecular weight excluding hydrogens is 320 g/mol. The second kappa shape index (κ2) is 6.26. The van der Waals surface area contributed by atoms with E-state index in [1.165, 1.54) is 23.3 Å². The van der Waals surface area contributed by atoms with Gasteiger partial charge in [0.05, 0.1) is 10.6 Å². The van der Waals surface area contributed by atoms with Crippen LogP contribution in [0.15, 0.2) is 65.7 Å². The predicted molar refractivity (Wildman–Crippen MR) is 96.7 cm³/mol. The normalized spacial score (nSPS) is 11.6. The van der Waals surface area contributed by atoms with E-state index < -0.39 is 10.0 Å². The maximum absolute atomic E-state index is 11.4. The van der Waals surface area contributed by atoms with E-state index in [4.69, 9.17) is 5.14 Å². The van der Waals surface area contributed by atoms with Gasteiger partial charge >= 0.3 is 0 Å². The van der Waals surface area contributed by atoms with Crippen molar-refractivity contribution in [1.82, 2.24) is 4.57 Å². The Labute approximate surface area is 142 Å². The first-order valence-corrected chi connectivity index (χ1v) is 9.34. The van der Waals surface area contributed by atoms with Crippen molar-refractivity contribution in [3.05, 3.63) is 71.9 Å². The smallest absolute Gasteiger partial charge is 0.238 e. The summed E-state index contributed by atoms with van der Waals surface area (Å²) in [6, 6.07) is 17.2. The molecule has 4 nitrogen and oxygen atoms in total. The highest BCUT2D eigenvalue weighted by atomic mass is 32.2. The monoisotopic (exact) mass is 340 g/mol. The second-order valence-corrected chi connectivity index (χ2v) is 7.42. The highest BCUT2D eigenvalue weighted by Crippen LogP contribution is 2.27. The Morgan fingerprint density at radius 1 is 1.00 bits per heavy atom. The van der Waals surface area contributed by atoms with Crippen LogP contribution >= 0.6 is 0 Å². The van der Waals surface area contributed by atoms with Crippen LogP contribution in [0.3, 0.4) is 0 Å². The molecular formula is C19H20N2O2S. The zero-order valence-electron chi connectivity index (χ0n) is 13.7. The Kier molecular flexibility index (Phi) is 4.30. The van der Waals surface area contributed by atoms with Crippen molar-refractivity contribution < 1.29 is 8.42 Å². The summed E-state index contributed by atoms with van der Waals surface area (Å²) < 4.78 is 24.9. The summed E-state index contributed by atoms with van der Waals surface area (Å²) in [5.41, 5.74) is 5.54. The number of aromatic nitrogens is 1. The molecule has 0 fully saturated rings. The predicted octanol–water partition coefficient (Wildman–Crippen LogP) is 3.66. The van der Waals surface area contributed by atoms with Crippen molar-refractivity contribution in [3.63, 3.8) is 0 Å². The molecule has 0 aliphatic rings. The van der Waals surface area contributed by atoms with Crippen LogP contribution in [0.2, 0.25) is 0 Å². The molecule has 2 aromatic carbocycles. The maximum atomic E-state index is 11.4. The number of sulfonamides is 1. The average molecular weight is 340 g/mol. The number of nitrogens with two attached hydrogens (primary N) is 1. The highest BCUT2D eigenvalue weighted by molar-refractivity contribution is 7.89. The topological polar surface area (TPSA) is 65.1 Å². The van der Waals surface area contributed by atoms with Crippen molar-refractivity contribution in [1.29, 1.82) is 0 Å². The summed E-state index contributed by atoms with van der Waals surface area (Å²) in [5, 5.41) is 5.17. The van der Waals surface area contributed by atoms with Crippen LogP contribution in [0.4, 0.5) is 0 Å². The highest BCUT2D eigenvalue weighted by Gasteiger charge is 2.11. The number of benzene rings is 2. The van der Waals surface area contributed by atoms with Crippen molar-refractivity contribution in [2.24, 2.45) is 5.14 Å². The van der Waals surface area contributed by atoms with Crippen LogP contribution in [0.1, 0.15) is 18.1 Å². The SMILES string of the molecule is CCc1cc(-c2ccc(C)cc2)n(-c2ccc(S(N)(=O)=O)cc2)c1. The lowest BCUT2D eigenvalue weighted by atomic mass is 10.1. The molecule has 0 bridgehead atoms. The molecule has 0 atom stereocenters. The first-order chi connectivity index (χ1) is 11.4. The Bertz CT molecular complexity index is 954. The molecule has 0 saturated heterocycles. The molecule has 0 radical (unpaired) electrons. The summed E-state index contributed by atoms with van der Waals surface area (Å²) in [6.07, 6.45) is 3.02. The molecule has 0 unspecified atom stereocenters. The van der Waals surface area contributed by atoms with E-state index in [2.05, 4.69) is 54.9 Å². The van der Waals surface area contributed by atoms with Crippen LogP contribution in [0.25, 0.3) is 16.9 Å². The molecule has 0 saturated carbocycles. The number of rotatable bonds is 4. The first kappa shape index (κ1) is 16.5. The summed E-state index contributed by atoms with van der Waals surface area (Å²) in [5.74, 6) is 0. The lowest BCUT2D eigenvalue weighted by molar-refractivity contribution is 0.598. The lowest BCUT2D eigenvalue weighted by Crippen LogP contribution is -2.12. The minimum atomic E-state index is -3.68. The van der Waals surface area contributed by atoms with Crippen LogP contribution in [-0.4, -0.2) is 13.0 Å². The summed E-state index contributed by atoms with van der Waals surface area (Å²) in [6.45, 7) is 4.18. The van der Waals surface area contributed by atoms with Crippen molar-refractivity contribution in [2.75, 3.05) is 0 Å². The second-order valence-electron chi connectivity index (χ2n) is 5.86. The molecule has 1 aromatic heterocycles. The van der Waals surface area contributed by atoms with Crippen molar-refractivity contribution in [2.45, 2.75) is 25.2 Å². The van der Waals surface area contributed by atoms with Crippen LogP contribution in [0, 0.1) is 6.92 Å². The minimum Gasteiger partial charge on any atom is -0.316 e. The standard InChI is InChI=1S/C19H20N2O2S/c1-3-15-12-19(16-6-4-14(2)5-7-16)21(13-15)17-8-10-18(11-9-17)24(20,22)23/h4-13H,3H2,1-2H3,(H2,20,22,23). The van der Waals surface area contributed by atoms with E-state index in [9.17, 15) is 8.42 Å². The fraction of sp³-hybridized carbons (Fsp3) is 0.158. The molecule has 5 heteroatoms. The van der Waals surface area contributed by atoms with Gasteiger partial charge in [0.25, 0.3) is 0 Å². The quantitative estimate of drug-likeness (QED) is 0.787. The lowest BCUT2D eigenvalue weighted by Gasteiger charge is -2.10. The van der Waals surface area contributed by atoms with Crippen molar-refractivity contribution in [3.8, 4) is 16.9 Å². The Balaban J connectivity index is 2.10. The zero-order chi connectivity index (χ0) is 17.3. The molecule has 0 spiro atoms. The number of hydrogen-bond acceptors (Lipinski definition) is 2. The van der Waals surface area contributed by atoms with Gasteiger partial charge in [-0.05, 0) is 54.8 Å². The Hall–Kier alpha value is -2.37. The molecule has 0 aliphatic carbocycles. The van der Waals surface area contributed by atoms with Gasteiger partial charge in [0, 0.05) is 11.9 Å². The summed E-state index contributed by atoms with van der Waals surface area (Å²) in [4.78, 5) is 0.117. The molecule has 24 heavy (non-hydrogen) atoms. The molecule has 3 rings (SSSR count). The Morgan fingerprint density at radius 3 is 2.17 bits per heavy atom. The van der Waals surface area contributed by atoms with Gasteiger partial charge in [0.1, 0.15) is 0 Å². The maximum Gasteiger partial charge on any atom is 0.238 e. The van der Waals surface area contributed by atoms with Gasteiger partial charge in [0.15, 0.2) is 0 Å². The fourth-order valence-corrected chi connectivity index (χ4v) is 3.18. The first-order valence-electron chi connectivity index (χ1n) is 7.80. The molecule has 3 aromatic rings. The zero-order valence-corrected chi connectivity index (χ0v) is 14.5. The van der Waals surface area contributed by atoms with E-state index in [0.29, 0.717) is 0 Å². The minimum absolute atomic E-state index is 0.117. The van der Waals surface area contributed by atoms with E-state index in [1.54, 1.807) is 12.1 Å². The fourth-order valence-electron chi connectivity index (χ4n) is 2.67. The van der Waals surface area contributed by atoms with E-state index >= 15 is 0 Å². The molecule has 124 valence electrons. The third-order valence-electron chi connectivity index (χ3n) is 4.08. The van der Waals surface area contributed by atoms with Crippen molar-refractivity contribution >= 4 is 10.0 Å². The van der Waals surface area contributed by atoms with Gasteiger partial charge < -0.3 is 4.57 Å². The molecule has 0 amide bonds. The third kappa shape index (κ3) is 3.27. The summed E-state index contributed by atoms with van der Waals surface area (Å²) >= 11 is 0. The Morgan fingerprint density at radius 2 is 1.62 bits per heavy atom. The molecule has 0 aliphatic heterocycles. The average Bonchev–Trinajstić information content (AvgIpc) is 2.99. The van der Waals surface area contributed by atoms with Crippen LogP contribution in [0.5, 0.6) is 0 Å². The molecule has 1 heterocycles. The number of nitrogens with zero attached hydrogens (tertiary/aromatic N) is 1. The van der Waals surface area contributed by atoms with Gasteiger partial charge in [-0.25, -0.2) is 13.6 Å². The number of hydrogen-bond donors (Lipinski definition) is 1. The number of primary sulfonamides is 1. The largest absolute Gasteiger partial charge is 0.316 e. The van der Waals surface area contributed by atoms with Gasteiger partial charge in [-0.2, -0.15) is 0 Å². The van der Waals surface area contributed by atoms with Gasteiger partial charge in [-0.1, -0.05) is 36.8 Å². The van der Waals surface area contributed by atoms with Crippen LogP contribution in [-0.2, 0) is 16.4 Å². The van der Waals surface area contributed by atoms with Crippen LogP contribution < -0.4 is 5.14 Å². The summed E-state index contributed by atoms with van der Waals surface area (Å²) in [7, 11) is -3.68. The van der Waals surface area contributed by atoms with E-state index in [0.717, 1.165) is 23.4 Å². The number of aryl methyl sites for hydroxylation is 2.